The smallest absolute Gasteiger partial charge is 0.269 e. The number of para-hydroxylation sites is 1. The van der Waals surface area contributed by atoms with Crippen molar-refractivity contribution < 1.29 is 14.0 Å². The molecule has 1 aliphatic heterocycles. The van der Waals surface area contributed by atoms with Crippen LogP contribution in [0.4, 0.5) is 15.9 Å². The van der Waals surface area contributed by atoms with Crippen molar-refractivity contribution in [1.82, 2.24) is 15.1 Å². The second-order valence-corrected chi connectivity index (χ2v) is 5.93. The third-order valence-electron chi connectivity index (χ3n) is 4.11. The normalized spacial score (nSPS) is 14.9. The molecule has 8 nitrogen and oxygen atoms in total. The minimum Gasteiger partial charge on any atom is -0.364 e. The minimum atomic E-state index is -0.616. The highest BCUT2D eigenvalue weighted by molar-refractivity contribution is 5.92. The predicted molar refractivity (Wildman–Crippen MR) is 94.2 cm³/mol. The Morgan fingerprint density at radius 2 is 1.81 bits per heavy atom. The molecule has 26 heavy (non-hydrogen) atoms. The van der Waals surface area contributed by atoms with Gasteiger partial charge in [-0.1, -0.05) is 12.1 Å². The summed E-state index contributed by atoms with van der Waals surface area (Å²) in [6.45, 7) is 2.83. The van der Waals surface area contributed by atoms with E-state index in [4.69, 9.17) is 5.73 Å². The summed E-state index contributed by atoms with van der Waals surface area (Å²) in [5.41, 5.74) is 5.45. The van der Waals surface area contributed by atoms with Crippen LogP contribution in [0.25, 0.3) is 0 Å². The molecule has 1 aromatic heterocycles. The van der Waals surface area contributed by atoms with E-state index in [1.54, 1.807) is 24.3 Å². The van der Waals surface area contributed by atoms with Crippen molar-refractivity contribution in [2.45, 2.75) is 0 Å². The number of nitrogens with one attached hydrogen (secondary N) is 1. The lowest BCUT2D eigenvalue weighted by molar-refractivity contribution is -0.117. The van der Waals surface area contributed by atoms with E-state index in [0.29, 0.717) is 32.0 Å². The Morgan fingerprint density at radius 3 is 2.42 bits per heavy atom. The first-order valence-electron chi connectivity index (χ1n) is 8.18. The number of rotatable bonds is 5. The fraction of sp³-hybridized carbons (Fsp3) is 0.294. The monoisotopic (exact) mass is 358 g/mol. The van der Waals surface area contributed by atoms with Gasteiger partial charge in [-0.3, -0.25) is 14.5 Å². The maximum absolute atomic E-state index is 13.6. The van der Waals surface area contributed by atoms with Gasteiger partial charge < -0.3 is 16.0 Å². The molecule has 1 saturated heterocycles. The van der Waals surface area contributed by atoms with Gasteiger partial charge in [0.25, 0.3) is 5.91 Å². The van der Waals surface area contributed by atoms with Crippen LogP contribution < -0.4 is 16.0 Å². The highest BCUT2D eigenvalue weighted by Gasteiger charge is 2.20. The van der Waals surface area contributed by atoms with Gasteiger partial charge in [-0.25, -0.2) is 4.39 Å². The molecule has 0 radical (unpaired) electrons. The number of halogens is 1. The molecule has 1 aromatic carbocycles. The van der Waals surface area contributed by atoms with Crippen LogP contribution >= 0.6 is 0 Å². The summed E-state index contributed by atoms with van der Waals surface area (Å²) in [5, 5.41) is 10.4. The number of primary amides is 1. The van der Waals surface area contributed by atoms with E-state index in [0.717, 1.165) is 0 Å². The average Bonchev–Trinajstić information content (AvgIpc) is 2.64. The highest BCUT2D eigenvalue weighted by Crippen LogP contribution is 2.14. The fourth-order valence-electron chi connectivity index (χ4n) is 2.72. The van der Waals surface area contributed by atoms with Gasteiger partial charge in [0.15, 0.2) is 11.5 Å². The van der Waals surface area contributed by atoms with Crippen LogP contribution in [0.2, 0.25) is 0 Å². The highest BCUT2D eigenvalue weighted by atomic mass is 19.1. The largest absolute Gasteiger partial charge is 0.364 e. The van der Waals surface area contributed by atoms with Crippen molar-refractivity contribution in [3.05, 3.63) is 47.9 Å². The third kappa shape index (κ3) is 4.31. The summed E-state index contributed by atoms with van der Waals surface area (Å²) in [6.07, 6.45) is 0. The Morgan fingerprint density at radius 1 is 1.08 bits per heavy atom. The first-order chi connectivity index (χ1) is 12.5. The molecule has 0 aliphatic carbocycles. The average molecular weight is 358 g/mol. The standard InChI is InChI=1S/C17H19FN6O2/c18-12-3-1-2-4-13(12)20-16(25)11-23-7-9-24(10-8-23)15-6-5-14(17(19)26)21-22-15/h1-6H,7-11H2,(H2,19,26)(H,20,25). The van der Waals surface area contributed by atoms with Crippen LogP contribution in [-0.2, 0) is 4.79 Å². The number of hydrogen-bond donors (Lipinski definition) is 2. The van der Waals surface area contributed by atoms with Gasteiger partial charge >= 0.3 is 0 Å². The Bertz CT molecular complexity index is 790. The van der Waals surface area contributed by atoms with E-state index < -0.39 is 11.7 Å². The van der Waals surface area contributed by atoms with E-state index in [1.807, 2.05) is 9.80 Å². The van der Waals surface area contributed by atoms with E-state index in [1.165, 1.54) is 12.1 Å². The fourth-order valence-corrected chi connectivity index (χ4v) is 2.72. The number of aromatic nitrogens is 2. The van der Waals surface area contributed by atoms with E-state index in [9.17, 15) is 14.0 Å². The van der Waals surface area contributed by atoms with Gasteiger partial charge in [-0.05, 0) is 24.3 Å². The zero-order valence-corrected chi connectivity index (χ0v) is 14.1. The summed E-state index contributed by atoms with van der Waals surface area (Å²) in [7, 11) is 0. The number of carbonyl (C=O) groups excluding carboxylic acids is 2. The molecule has 2 amide bonds. The number of amides is 2. The van der Waals surface area contributed by atoms with E-state index >= 15 is 0 Å². The molecular weight excluding hydrogens is 339 g/mol. The zero-order chi connectivity index (χ0) is 18.5. The molecule has 3 rings (SSSR count). The molecule has 0 unspecified atom stereocenters. The molecule has 2 aromatic rings. The van der Waals surface area contributed by atoms with Gasteiger partial charge in [-0.2, -0.15) is 0 Å². The van der Waals surface area contributed by atoms with Gasteiger partial charge in [-0.15, -0.1) is 10.2 Å². The SMILES string of the molecule is NC(=O)c1ccc(N2CCN(CC(=O)Nc3ccccc3F)CC2)nn1. The lowest BCUT2D eigenvalue weighted by Crippen LogP contribution is -2.49. The summed E-state index contributed by atoms with van der Waals surface area (Å²) in [5.74, 6) is -0.669. The molecule has 0 spiro atoms. The van der Waals surface area contributed by atoms with E-state index in [-0.39, 0.29) is 23.8 Å². The minimum absolute atomic E-state index is 0.122. The predicted octanol–water partition coefficient (Wildman–Crippen LogP) is 0.475. The van der Waals surface area contributed by atoms with Crippen LogP contribution in [0.15, 0.2) is 36.4 Å². The van der Waals surface area contributed by atoms with Crippen molar-refractivity contribution in [2.24, 2.45) is 5.73 Å². The zero-order valence-electron chi connectivity index (χ0n) is 14.1. The van der Waals surface area contributed by atoms with Crippen molar-refractivity contribution in [3.8, 4) is 0 Å². The van der Waals surface area contributed by atoms with Crippen molar-refractivity contribution >= 4 is 23.3 Å². The molecule has 0 bridgehead atoms. The second kappa shape index (κ2) is 7.87. The van der Waals surface area contributed by atoms with Crippen LogP contribution in [0.1, 0.15) is 10.5 Å². The molecular formula is C17H19FN6O2. The molecule has 2 heterocycles. The Balaban J connectivity index is 1.49. The maximum atomic E-state index is 13.6. The number of nitrogens with two attached hydrogens (primary N) is 1. The number of benzene rings is 1. The lowest BCUT2D eigenvalue weighted by atomic mass is 10.2. The first-order valence-corrected chi connectivity index (χ1v) is 8.18. The first kappa shape index (κ1) is 17.7. The van der Waals surface area contributed by atoms with E-state index in [2.05, 4.69) is 15.5 Å². The number of hydrogen-bond acceptors (Lipinski definition) is 6. The number of anilines is 2. The van der Waals surface area contributed by atoms with Crippen molar-refractivity contribution in [3.63, 3.8) is 0 Å². The number of piperazine rings is 1. The van der Waals surface area contributed by atoms with Gasteiger partial charge in [0, 0.05) is 26.2 Å². The topological polar surface area (TPSA) is 104 Å². The lowest BCUT2D eigenvalue weighted by Gasteiger charge is -2.34. The molecule has 9 heteroatoms. The summed E-state index contributed by atoms with van der Waals surface area (Å²) < 4.78 is 13.6. The Labute approximate surface area is 149 Å². The summed E-state index contributed by atoms with van der Waals surface area (Å²) in [4.78, 5) is 27.1. The van der Waals surface area contributed by atoms with Gasteiger partial charge in [0.1, 0.15) is 5.82 Å². The number of nitrogens with zero attached hydrogens (tertiary/aromatic N) is 4. The third-order valence-corrected chi connectivity index (χ3v) is 4.11. The second-order valence-electron chi connectivity index (χ2n) is 5.93. The molecule has 0 saturated carbocycles. The Hall–Kier alpha value is -3.07. The van der Waals surface area contributed by atoms with Gasteiger partial charge in [0.2, 0.25) is 5.91 Å². The quantitative estimate of drug-likeness (QED) is 0.805. The molecule has 136 valence electrons. The Kier molecular flexibility index (Phi) is 5.37. The molecule has 3 N–H and O–H groups in total. The summed E-state index contributed by atoms with van der Waals surface area (Å²) >= 11 is 0. The van der Waals surface area contributed by atoms with Crippen LogP contribution in [0, 0.1) is 5.82 Å². The molecule has 1 fully saturated rings. The van der Waals surface area contributed by atoms with Crippen LogP contribution in [0.5, 0.6) is 0 Å². The maximum Gasteiger partial charge on any atom is 0.269 e. The van der Waals surface area contributed by atoms with Crippen LogP contribution in [-0.4, -0.2) is 59.6 Å². The molecule has 1 aliphatic rings. The van der Waals surface area contributed by atoms with Crippen LogP contribution in [0.3, 0.4) is 0 Å². The van der Waals surface area contributed by atoms with Gasteiger partial charge in [0.05, 0.1) is 12.2 Å². The molecule has 0 atom stereocenters. The van der Waals surface area contributed by atoms with Crippen molar-refractivity contribution in [2.75, 3.05) is 42.9 Å². The number of carbonyl (C=O) groups is 2. The summed E-state index contributed by atoms with van der Waals surface area (Å²) in [6, 6.07) is 9.32. The van der Waals surface area contributed by atoms with Crippen molar-refractivity contribution in [1.29, 1.82) is 0 Å².